The SMILES string of the molecule is CO[Si](OC)(OC)OC(c1ccccc1)c1ccccc1. The van der Waals surface area contributed by atoms with Crippen LogP contribution in [0.1, 0.15) is 17.2 Å². The zero-order valence-corrected chi connectivity index (χ0v) is 13.5. The number of hydrogen-bond donors (Lipinski definition) is 0. The Bertz CT molecular complexity index is 481. The van der Waals surface area contributed by atoms with E-state index in [1.54, 1.807) is 0 Å². The van der Waals surface area contributed by atoms with Crippen molar-refractivity contribution in [2.24, 2.45) is 0 Å². The van der Waals surface area contributed by atoms with Gasteiger partial charge in [0.05, 0.1) is 0 Å². The van der Waals surface area contributed by atoms with Gasteiger partial charge in [-0.3, -0.25) is 0 Å². The van der Waals surface area contributed by atoms with Crippen molar-refractivity contribution in [2.75, 3.05) is 21.3 Å². The van der Waals surface area contributed by atoms with E-state index < -0.39 is 9.05 Å². The highest BCUT2D eigenvalue weighted by molar-refractivity contribution is 6.53. The predicted octanol–water partition coefficient (Wildman–Crippen LogP) is 3.17. The maximum absolute atomic E-state index is 6.13. The summed E-state index contributed by atoms with van der Waals surface area (Å²) in [6.45, 7) is 0. The molecule has 0 spiro atoms. The molecule has 2 rings (SSSR count). The Labute approximate surface area is 126 Å². The molecule has 21 heavy (non-hydrogen) atoms. The molecule has 0 atom stereocenters. The fourth-order valence-electron chi connectivity index (χ4n) is 2.12. The molecule has 0 amide bonds. The van der Waals surface area contributed by atoms with E-state index in [4.69, 9.17) is 17.7 Å². The molecule has 0 radical (unpaired) electrons. The van der Waals surface area contributed by atoms with Crippen molar-refractivity contribution < 1.29 is 17.7 Å². The molecule has 2 aromatic rings. The van der Waals surface area contributed by atoms with Gasteiger partial charge in [-0.2, -0.15) is 0 Å². The van der Waals surface area contributed by atoms with Gasteiger partial charge in [0.15, 0.2) is 0 Å². The van der Waals surface area contributed by atoms with Crippen LogP contribution in [0.3, 0.4) is 0 Å². The van der Waals surface area contributed by atoms with Gasteiger partial charge in [-0.15, -0.1) is 0 Å². The van der Waals surface area contributed by atoms with Crippen molar-refractivity contribution in [1.29, 1.82) is 0 Å². The average molecular weight is 304 g/mol. The smallest absolute Gasteiger partial charge is 0.355 e. The van der Waals surface area contributed by atoms with E-state index in [9.17, 15) is 0 Å². The van der Waals surface area contributed by atoms with Crippen LogP contribution in [0.2, 0.25) is 0 Å². The second kappa shape index (κ2) is 7.49. The molecule has 4 nitrogen and oxygen atoms in total. The van der Waals surface area contributed by atoms with Crippen LogP contribution in [0.15, 0.2) is 60.7 Å². The maximum atomic E-state index is 6.13. The highest BCUT2D eigenvalue weighted by Gasteiger charge is 2.45. The summed E-state index contributed by atoms with van der Waals surface area (Å²) in [6.07, 6.45) is -0.307. The largest absolute Gasteiger partial charge is 0.679 e. The van der Waals surface area contributed by atoms with Gasteiger partial charge < -0.3 is 17.7 Å². The van der Waals surface area contributed by atoms with Gasteiger partial charge in [-0.1, -0.05) is 60.7 Å². The molecule has 5 heteroatoms. The van der Waals surface area contributed by atoms with Gasteiger partial charge in [-0.05, 0) is 11.1 Å². The monoisotopic (exact) mass is 304 g/mol. The van der Waals surface area contributed by atoms with Crippen molar-refractivity contribution in [3.63, 3.8) is 0 Å². The predicted molar refractivity (Wildman–Crippen MR) is 82.6 cm³/mol. The Morgan fingerprint density at radius 3 is 1.38 bits per heavy atom. The first-order chi connectivity index (χ1) is 10.2. The quantitative estimate of drug-likeness (QED) is 0.736. The summed E-state index contributed by atoms with van der Waals surface area (Å²) in [7, 11) is 1.46. The zero-order chi connectivity index (χ0) is 15.1. The Morgan fingerprint density at radius 1 is 0.667 bits per heavy atom. The maximum Gasteiger partial charge on any atom is 0.679 e. The first-order valence-corrected chi connectivity index (χ1v) is 8.31. The van der Waals surface area contributed by atoms with Gasteiger partial charge in [-0.25, -0.2) is 0 Å². The minimum Gasteiger partial charge on any atom is -0.355 e. The topological polar surface area (TPSA) is 36.9 Å². The van der Waals surface area contributed by atoms with Crippen molar-refractivity contribution in [3.8, 4) is 0 Å². The second-order valence-corrected chi connectivity index (χ2v) is 6.89. The fraction of sp³-hybridized carbons (Fsp3) is 0.250. The first kappa shape index (κ1) is 15.9. The van der Waals surface area contributed by atoms with Gasteiger partial charge in [0, 0.05) is 21.3 Å². The van der Waals surface area contributed by atoms with E-state index in [0.717, 1.165) is 11.1 Å². The van der Waals surface area contributed by atoms with Crippen molar-refractivity contribution in [1.82, 2.24) is 0 Å². The van der Waals surface area contributed by atoms with Crippen molar-refractivity contribution in [3.05, 3.63) is 71.8 Å². The Morgan fingerprint density at radius 2 is 1.05 bits per heavy atom. The lowest BCUT2D eigenvalue weighted by atomic mass is 10.0. The zero-order valence-electron chi connectivity index (χ0n) is 12.5. The highest BCUT2D eigenvalue weighted by Crippen LogP contribution is 2.29. The van der Waals surface area contributed by atoms with Gasteiger partial charge in [0.25, 0.3) is 0 Å². The molecule has 0 aliphatic heterocycles. The van der Waals surface area contributed by atoms with E-state index in [0.29, 0.717) is 0 Å². The van der Waals surface area contributed by atoms with Crippen molar-refractivity contribution >= 4 is 9.05 Å². The lowest BCUT2D eigenvalue weighted by Crippen LogP contribution is -2.47. The normalized spacial score (nSPS) is 11.8. The lowest BCUT2D eigenvalue weighted by Gasteiger charge is -2.29. The van der Waals surface area contributed by atoms with Crippen LogP contribution >= 0.6 is 0 Å². The van der Waals surface area contributed by atoms with Gasteiger partial charge in [0.2, 0.25) is 0 Å². The summed E-state index contributed by atoms with van der Waals surface area (Å²) in [6, 6.07) is 19.9. The molecular weight excluding hydrogens is 284 g/mol. The minimum atomic E-state index is -3.15. The Balaban J connectivity index is 2.38. The van der Waals surface area contributed by atoms with Crippen LogP contribution < -0.4 is 0 Å². The molecule has 112 valence electrons. The van der Waals surface area contributed by atoms with E-state index in [1.165, 1.54) is 21.3 Å². The molecule has 0 fully saturated rings. The van der Waals surface area contributed by atoms with Gasteiger partial charge in [0.1, 0.15) is 6.10 Å². The van der Waals surface area contributed by atoms with Crippen LogP contribution in [0.5, 0.6) is 0 Å². The molecule has 0 saturated heterocycles. The summed E-state index contributed by atoms with van der Waals surface area (Å²) in [5.41, 5.74) is 2.04. The van der Waals surface area contributed by atoms with E-state index in [1.807, 2.05) is 60.7 Å². The second-order valence-electron chi connectivity index (χ2n) is 4.43. The lowest BCUT2D eigenvalue weighted by molar-refractivity contribution is -0.0130. The van der Waals surface area contributed by atoms with E-state index in [-0.39, 0.29) is 6.10 Å². The molecule has 0 aliphatic rings. The number of hydrogen-bond acceptors (Lipinski definition) is 4. The molecule has 0 saturated carbocycles. The molecule has 0 bridgehead atoms. The minimum absolute atomic E-state index is 0.307. The summed E-state index contributed by atoms with van der Waals surface area (Å²) in [4.78, 5) is 0. The number of benzene rings is 2. The fourth-order valence-corrected chi connectivity index (χ4v) is 3.47. The molecule has 0 heterocycles. The highest BCUT2D eigenvalue weighted by atomic mass is 28.4. The van der Waals surface area contributed by atoms with Crippen molar-refractivity contribution in [2.45, 2.75) is 6.10 Å². The van der Waals surface area contributed by atoms with Crippen LogP contribution in [0.4, 0.5) is 0 Å². The molecular formula is C16H20O4Si. The summed E-state index contributed by atoms with van der Waals surface area (Å²) in [5, 5.41) is 0. The third kappa shape index (κ3) is 3.78. The summed E-state index contributed by atoms with van der Waals surface area (Å²) in [5.74, 6) is 0. The molecule has 0 aliphatic carbocycles. The van der Waals surface area contributed by atoms with Crippen LogP contribution in [0.25, 0.3) is 0 Å². The van der Waals surface area contributed by atoms with Crippen LogP contribution in [-0.4, -0.2) is 30.4 Å². The number of rotatable bonds is 7. The summed E-state index contributed by atoms with van der Waals surface area (Å²) < 4.78 is 22.3. The van der Waals surface area contributed by atoms with Crippen LogP contribution in [-0.2, 0) is 17.7 Å². The molecule has 0 aromatic heterocycles. The van der Waals surface area contributed by atoms with E-state index in [2.05, 4.69) is 0 Å². The standard InChI is InChI=1S/C16H20O4Si/c1-17-21(18-2,19-3)20-16(14-10-6-4-7-11-14)15-12-8-5-9-13-15/h4-13,16H,1-3H3. The molecule has 2 aromatic carbocycles. The Hall–Kier alpha value is -1.50. The van der Waals surface area contributed by atoms with Gasteiger partial charge >= 0.3 is 9.05 Å². The third-order valence-electron chi connectivity index (χ3n) is 3.22. The van der Waals surface area contributed by atoms with Crippen LogP contribution in [0, 0.1) is 0 Å². The summed E-state index contributed by atoms with van der Waals surface area (Å²) >= 11 is 0. The molecule has 0 N–H and O–H groups in total. The molecule has 0 unspecified atom stereocenters. The third-order valence-corrected chi connectivity index (χ3v) is 5.24. The first-order valence-electron chi connectivity index (χ1n) is 6.68. The van der Waals surface area contributed by atoms with E-state index >= 15 is 0 Å². The Kier molecular flexibility index (Phi) is 5.66. The average Bonchev–Trinajstić information content (AvgIpc) is 2.58.